The van der Waals surface area contributed by atoms with Crippen LogP contribution in [0.15, 0.2) is 0 Å². The summed E-state index contributed by atoms with van der Waals surface area (Å²) in [6.45, 7) is 5.77. The third kappa shape index (κ3) is 4.58. The lowest BCUT2D eigenvalue weighted by atomic mass is 10.2. The van der Waals surface area contributed by atoms with Crippen LogP contribution in [0.3, 0.4) is 0 Å². The van der Waals surface area contributed by atoms with E-state index in [4.69, 9.17) is 10.5 Å². The lowest BCUT2D eigenvalue weighted by molar-refractivity contribution is -0.133. The quantitative estimate of drug-likeness (QED) is 0.658. The second-order valence-electron chi connectivity index (χ2n) is 3.38. The first kappa shape index (κ1) is 13.4. The molecule has 0 heterocycles. The van der Waals surface area contributed by atoms with E-state index in [9.17, 15) is 4.79 Å². The fourth-order valence-electron chi connectivity index (χ4n) is 1.27. The van der Waals surface area contributed by atoms with Gasteiger partial charge in [0.1, 0.15) is 0 Å². The van der Waals surface area contributed by atoms with E-state index in [1.165, 1.54) is 0 Å². The first-order chi connectivity index (χ1) is 6.67. The number of carbonyl (C=O) groups is 1. The number of hydrogen-bond donors (Lipinski definition) is 1. The van der Waals surface area contributed by atoms with Crippen LogP contribution in [0.2, 0.25) is 0 Å². The maximum absolute atomic E-state index is 11.6. The molecule has 14 heavy (non-hydrogen) atoms. The Hall–Kier alpha value is -0.610. The smallest absolute Gasteiger partial charge is 0.224 e. The van der Waals surface area contributed by atoms with E-state index in [1.54, 1.807) is 7.11 Å². The van der Waals surface area contributed by atoms with Crippen molar-refractivity contribution in [3.05, 3.63) is 0 Å². The molecule has 0 bridgehead atoms. The SMILES string of the molecule is CCC(C)N(CCOC)C(=O)CCN. The van der Waals surface area contributed by atoms with Gasteiger partial charge in [-0.1, -0.05) is 6.92 Å². The maximum Gasteiger partial charge on any atom is 0.224 e. The number of amides is 1. The van der Waals surface area contributed by atoms with Crippen LogP contribution in [0.25, 0.3) is 0 Å². The third-order valence-electron chi connectivity index (χ3n) is 2.34. The van der Waals surface area contributed by atoms with Gasteiger partial charge in [0.2, 0.25) is 5.91 Å². The predicted molar refractivity (Wildman–Crippen MR) is 57.0 cm³/mol. The summed E-state index contributed by atoms with van der Waals surface area (Å²) in [6.07, 6.45) is 1.38. The number of nitrogens with two attached hydrogens (primary N) is 1. The Morgan fingerprint density at radius 3 is 2.64 bits per heavy atom. The van der Waals surface area contributed by atoms with Crippen molar-refractivity contribution < 1.29 is 9.53 Å². The van der Waals surface area contributed by atoms with Crippen LogP contribution in [0.1, 0.15) is 26.7 Å². The molecule has 84 valence electrons. The number of carbonyl (C=O) groups excluding carboxylic acids is 1. The normalized spacial score (nSPS) is 12.6. The summed E-state index contributed by atoms with van der Waals surface area (Å²) in [6, 6.07) is 0.268. The van der Waals surface area contributed by atoms with Gasteiger partial charge >= 0.3 is 0 Å². The van der Waals surface area contributed by atoms with Gasteiger partial charge in [-0.2, -0.15) is 0 Å². The Balaban J connectivity index is 4.15. The molecule has 2 N–H and O–H groups in total. The lowest BCUT2D eigenvalue weighted by Gasteiger charge is -2.28. The molecule has 0 aromatic heterocycles. The van der Waals surface area contributed by atoms with E-state index >= 15 is 0 Å². The van der Waals surface area contributed by atoms with Gasteiger partial charge in [0.05, 0.1) is 6.61 Å². The van der Waals surface area contributed by atoms with E-state index in [0.717, 1.165) is 6.42 Å². The Morgan fingerprint density at radius 1 is 1.57 bits per heavy atom. The van der Waals surface area contributed by atoms with E-state index in [-0.39, 0.29) is 11.9 Å². The highest BCUT2D eigenvalue weighted by Gasteiger charge is 2.17. The molecule has 0 spiro atoms. The van der Waals surface area contributed by atoms with Crippen molar-refractivity contribution >= 4 is 5.91 Å². The first-order valence-electron chi connectivity index (χ1n) is 5.15. The summed E-state index contributed by atoms with van der Waals surface area (Å²) in [4.78, 5) is 13.5. The van der Waals surface area contributed by atoms with E-state index in [1.807, 2.05) is 11.8 Å². The van der Waals surface area contributed by atoms with Crippen LogP contribution in [0, 0.1) is 0 Å². The van der Waals surface area contributed by atoms with E-state index in [2.05, 4.69) is 6.92 Å². The molecule has 4 nitrogen and oxygen atoms in total. The molecule has 0 saturated carbocycles. The summed E-state index contributed by atoms with van der Waals surface area (Å²) in [5, 5.41) is 0. The molecule has 1 unspecified atom stereocenters. The van der Waals surface area contributed by atoms with Crippen LogP contribution >= 0.6 is 0 Å². The number of rotatable bonds is 7. The van der Waals surface area contributed by atoms with Crippen molar-refractivity contribution in [2.45, 2.75) is 32.7 Å². The van der Waals surface area contributed by atoms with Crippen LogP contribution in [0.5, 0.6) is 0 Å². The zero-order valence-electron chi connectivity index (χ0n) is 9.45. The molecule has 0 fully saturated rings. The van der Waals surface area contributed by atoms with E-state index in [0.29, 0.717) is 26.1 Å². The minimum Gasteiger partial charge on any atom is -0.383 e. The van der Waals surface area contributed by atoms with Gasteiger partial charge < -0.3 is 15.4 Å². The summed E-state index contributed by atoms with van der Waals surface area (Å²) in [5.41, 5.74) is 5.36. The monoisotopic (exact) mass is 202 g/mol. The van der Waals surface area contributed by atoms with Crippen LogP contribution in [0.4, 0.5) is 0 Å². The molecular formula is C10H22N2O2. The van der Waals surface area contributed by atoms with Crippen molar-refractivity contribution in [2.24, 2.45) is 5.73 Å². The average Bonchev–Trinajstić information content (AvgIpc) is 2.18. The molecule has 0 rings (SSSR count). The standard InChI is InChI=1S/C10H22N2O2/c1-4-9(2)12(7-8-14-3)10(13)5-6-11/h9H,4-8,11H2,1-3H3. The molecule has 0 aromatic carbocycles. The molecule has 1 amide bonds. The summed E-state index contributed by atoms with van der Waals surface area (Å²) in [5.74, 6) is 0.124. The fourth-order valence-corrected chi connectivity index (χ4v) is 1.27. The predicted octanol–water partition coefficient (Wildman–Crippen LogP) is 0.609. The van der Waals surface area contributed by atoms with Crippen molar-refractivity contribution in [1.82, 2.24) is 4.90 Å². The second-order valence-corrected chi connectivity index (χ2v) is 3.38. The largest absolute Gasteiger partial charge is 0.383 e. The first-order valence-corrected chi connectivity index (χ1v) is 5.15. The highest BCUT2D eigenvalue weighted by molar-refractivity contribution is 5.76. The van der Waals surface area contributed by atoms with Gasteiger partial charge in [-0.25, -0.2) is 0 Å². The minimum atomic E-state index is 0.124. The molecular weight excluding hydrogens is 180 g/mol. The minimum absolute atomic E-state index is 0.124. The molecule has 0 aliphatic carbocycles. The van der Waals surface area contributed by atoms with Crippen molar-refractivity contribution in [3.8, 4) is 0 Å². The Labute approximate surface area is 86.4 Å². The Kier molecular flexibility index (Phi) is 7.42. The summed E-state index contributed by atoms with van der Waals surface area (Å²) >= 11 is 0. The summed E-state index contributed by atoms with van der Waals surface area (Å²) in [7, 11) is 1.64. The number of methoxy groups -OCH3 is 1. The third-order valence-corrected chi connectivity index (χ3v) is 2.34. The van der Waals surface area contributed by atoms with Crippen molar-refractivity contribution in [1.29, 1.82) is 0 Å². The highest BCUT2D eigenvalue weighted by Crippen LogP contribution is 2.05. The molecule has 4 heteroatoms. The number of ether oxygens (including phenoxy) is 1. The molecule has 0 saturated heterocycles. The number of hydrogen-bond acceptors (Lipinski definition) is 3. The lowest BCUT2D eigenvalue weighted by Crippen LogP contribution is -2.41. The topological polar surface area (TPSA) is 55.6 Å². The average molecular weight is 202 g/mol. The van der Waals surface area contributed by atoms with Gasteiger partial charge in [-0.3, -0.25) is 4.79 Å². The number of nitrogens with zero attached hydrogens (tertiary/aromatic N) is 1. The second kappa shape index (κ2) is 7.76. The molecule has 0 aliphatic heterocycles. The summed E-state index contributed by atoms with van der Waals surface area (Å²) < 4.78 is 4.97. The van der Waals surface area contributed by atoms with Crippen molar-refractivity contribution in [3.63, 3.8) is 0 Å². The Bertz CT molecular complexity index is 162. The van der Waals surface area contributed by atoms with Crippen LogP contribution in [-0.4, -0.2) is 43.7 Å². The molecule has 0 aromatic rings. The van der Waals surface area contributed by atoms with Crippen molar-refractivity contribution in [2.75, 3.05) is 26.8 Å². The van der Waals surface area contributed by atoms with Gasteiger partial charge in [-0.05, 0) is 13.3 Å². The van der Waals surface area contributed by atoms with Crippen LogP contribution < -0.4 is 5.73 Å². The maximum atomic E-state index is 11.6. The molecule has 0 radical (unpaired) electrons. The molecule has 1 atom stereocenters. The van der Waals surface area contributed by atoms with Gasteiger partial charge in [0.15, 0.2) is 0 Å². The fraction of sp³-hybridized carbons (Fsp3) is 0.900. The van der Waals surface area contributed by atoms with Gasteiger partial charge in [0, 0.05) is 32.7 Å². The molecule has 0 aliphatic rings. The van der Waals surface area contributed by atoms with Gasteiger partial charge in [0.25, 0.3) is 0 Å². The zero-order chi connectivity index (χ0) is 11.0. The highest BCUT2D eigenvalue weighted by atomic mass is 16.5. The Morgan fingerprint density at radius 2 is 2.21 bits per heavy atom. The van der Waals surface area contributed by atoms with E-state index < -0.39 is 0 Å². The van der Waals surface area contributed by atoms with Gasteiger partial charge in [-0.15, -0.1) is 0 Å². The zero-order valence-corrected chi connectivity index (χ0v) is 9.45. The van der Waals surface area contributed by atoms with Crippen LogP contribution in [-0.2, 0) is 9.53 Å².